The Balaban J connectivity index is 2.23. The second kappa shape index (κ2) is 6.22. The molecule has 0 fully saturated rings. The van der Waals surface area contributed by atoms with Crippen LogP contribution in [0.1, 0.15) is 16.7 Å². The van der Waals surface area contributed by atoms with Crippen molar-refractivity contribution < 1.29 is 4.74 Å². The molecule has 0 aliphatic carbocycles. The van der Waals surface area contributed by atoms with Gasteiger partial charge in [0.2, 0.25) is 0 Å². The smallest absolute Gasteiger partial charge is 0.141 e. The summed E-state index contributed by atoms with van der Waals surface area (Å²) in [5.74, 6) is 1.69. The van der Waals surface area contributed by atoms with Crippen LogP contribution in [-0.4, -0.2) is 6.54 Å². The van der Waals surface area contributed by atoms with Crippen molar-refractivity contribution in [2.75, 3.05) is 6.54 Å². The summed E-state index contributed by atoms with van der Waals surface area (Å²) in [6, 6.07) is 12.3. The van der Waals surface area contributed by atoms with Crippen LogP contribution in [0.3, 0.4) is 0 Å². The molecular weight excluding hydrogens is 302 g/mol. The van der Waals surface area contributed by atoms with Crippen LogP contribution in [0.4, 0.5) is 0 Å². The molecule has 0 spiro atoms. The lowest BCUT2D eigenvalue weighted by molar-refractivity contribution is 0.478. The minimum absolute atomic E-state index is 0.656. The van der Waals surface area contributed by atoms with E-state index in [-0.39, 0.29) is 0 Å². The fourth-order valence-electron chi connectivity index (χ4n) is 2.07. The zero-order chi connectivity index (χ0) is 13.8. The molecule has 0 heterocycles. The molecule has 2 aromatic rings. The second-order valence-electron chi connectivity index (χ2n) is 4.73. The van der Waals surface area contributed by atoms with E-state index in [2.05, 4.69) is 48.0 Å². The van der Waals surface area contributed by atoms with Crippen molar-refractivity contribution in [3.63, 3.8) is 0 Å². The Morgan fingerprint density at radius 1 is 1.05 bits per heavy atom. The maximum atomic E-state index is 5.93. The first-order valence-corrected chi connectivity index (χ1v) is 7.12. The Morgan fingerprint density at radius 2 is 1.74 bits per heavy atom. The molecule has 3 heteroatoms. The number of nitrogens with two attached hydrogens (primary N) is 1. The Kier molecular flexibility index (Phi) is 4.61. The van der Waals surface area contributed by atoms with Crippen LogP contribution >= 0.6 is 15.9 Å². The quantitative estimate of drug-likeness (QED) is 0.908. The summed E-state index contributed by atoms with van der Waals surface area (Å²) in [6.07, 6.45) is 0.877. The minimum atomic E-state index is 0.656. The summed E-state index contributed by atoms with van der Waals surface area (Å²) in [5, 5.41) is 0. The monoisotopic (exact) mass is 319 g/mol. The molecule has 0 aliphatic rings. The Bertz CT molecular complexity index is 561. The van der Waals surface area contributed by atoms with Gasteiger partial charge in [0.1, 0.15) is 11.5 Å². The van der Waals surface area contributed by atoms with E-state index >= 15 is 0 Å². The topological polar surface area (TPSA) is 35.2 Å². The van der Waals surface area contributed by atoms with Gasteiger partial charge in [0, 0.05) is 0 Å². The molecule has 0 radical (unpaired) electrons. The molecule has 19 heavy (non-hydrogen) atoms. The molecular formula is C16H18BrNO. The van der Waals surface area contributed by atoms with Gasteiger partial charge in [-0.15, -0.1) is 0 Å². The lowest BCUT2D eigenvalue weighted by Crippen LogP contribution is -2.02. The number of benzene rings is 2. The fourth-order valence-corrected chi connectivity index (χ4v) is 2.58. The average Bonchev–Trinajstić information content (AvgIpc) is 2.32. The summed E-state index contributed by atoms with van der Waals surface area (Å²) in [6.45, 7) is 4.79. The zero-order valence-corrected chi connectivity index (χ0v) is 12.8. The van der Waals surface area contributed by atoms with E-state index in [1.165, 1.54) is 16.7 Å². The van der Waals surface area contributed by atoms with Crippen LogP contribution in [-0.2, 0) is 6.42 Å². The number of hydrogen-bond donors (Lipinski definition) is 1. The van der Waals surface area contributed by atoms with Crippen LogP contribution in [0.25, 0.3) is 0 Å². The SMILES string of the molecule is Cc1cc(C)cc(Oc2ccc(CCN)cc2Br)c1. The zero-order valence-electron chi connectivity index (χ0n) is 11.2. The van der Waals surface area contributed by atoms with E-state index in [0.717, 1.165) is 22.4 Å². The molecule has 2 aromatic carbocycles. The normalized spacial score (nSPS) is 10.5. The van der Waals surface area contributed by atoms with Gasteiger partial charge < -0.3 is 10.5 Å². The van der Waals surface area contributed by atoms with Crippen LogP contribution in [0.2, 0.25) is 0 Å². The van der Waals surface area contributed by atoms with Gasteiger partial charge in [0.15, 0.2) is 0 Å². The van der Waals surface area contributed by atoms with Gasteiger partial charge in [-0.2, -0.15) is 0 Å². The summed E-state index contributed by atoms with van der Waals surface area (Å²) in [5.41, 5.74) is 9.17. The molecule has 2 nitrogen and oxygen atoms in total. The molecule has 0 aromatic heterocycles. The van der Waals surface area contributed by atoms with Gasteiger partial charge in [-0.05, 0) is 83.7 Å². The third kappa shape index (κ3) is 3.82. The van der Waals surface area contributed by atoms with Crippen molar-refractivity contribution in [2.24, 2.45) is 5.73 Å². The van der Waals surface area contributed by atoms with Crippen LogP contribution in [0.5, 0.6) is 11.5 Å². The highest BCUT2D eigenvalue weighted by molar-refractivity contribution is 9.10. The van der Waals surface area contributed by atoms with E-state index in [9.17, 15) is 0 Å². The highest BCUT2D eigenvalue weighted by Crippen LogP contribution is 2.31. The third-order valence-electron chi connectivity index (χ3n) is 2.85. The number of hydrogen-bond acceptors (Lipinski definition) is 2. The van der Waals surface area contributed by atoms with Gasteiger partial charge in [0.05, 0.1) is 4.47 Å². The van der Waals surface area contributed by atoms with Gasteiger partial charge >= 0.3 is 0 Å². The first-order valence-electron chi connectivity index (χ1n) is 6.33. The summed E-state index contributed by atoms with van der Waals surface area (Å²) < 4.78 is 6.88. The van der Waals surface area contributed by atoms with Gasteiger partial charge in [-0.25, -0.2) is 0 Å². The summed E-state index contributed by atoms with van der Waals surface area (Å²) in [4.78, 5) is 0. The minimum Gasteiger partial charge on any atom is -0.456 e. The number of ether oxygens (including phenoxy) is 1. The highest BCUT2D eigenvalue weighted by Gasteiger charge is 2.05. The largest absolute Gasteiger partial charge is 0.456 e. The average molecular weight is 320 g/mol. The van der Waals surface area contributed by atoms with Crippen molar-refractivity contribution in [3.05, 3.63) is 57.6 Å². The van der Waals surface area contributed by atoms with Crippen LogP contribution in [0.15, 0.2) is 40.9 Å². The van der Waals surface area contributed by atoms with E-state index in [0.29, 0.717) is 6.54 Å². The van der Waals surface area contributed by atoms with Crippen LogP contribution in [0, 0.1) is 13.8 Å². The summed E-state index contributed by atoms with van der Waals surface area (Å²) in [7, 11) is 0. The predicted octanol–water partition coefficient (Wildman–Crippen LogP) is 4.36. The molecule has 0 unspecified atom stereocenters. The standard InChI is InChI=1S/C16H18BrNO/c1-11-7-12(2)9-14(8-11)19-16-4-3-13(5-6-18)10-15(16)17/h3-4,7-10H,5-6,18H2,1-2H3. The third-order valence-corrected chi connectivity index (χ3v) is 3.47. The van der Waals surface area contributed by atoms with E-state index in [1.807, 2.05) is 18.2 Å². The number of aryl methyl sites for hydroxylation is 2. The number of rotatable bonds is 4. The van der Waals surface area contributed by atoms with Crippen molar-refractivity contribution in [1.29, 1.82) is 0 Å². The molecule has 2 N–H and O–H groups in total. The first-order chi connectivity index (χ1) is 9.08. The maximum Gasteiger partial charge on any atom is 0.141 e. The molecule has 0 amide bonds. The second-order valence-corrected chi connectivity index (χ2v) is 5.58. The molecule has 0 saturated heterocycles. The van der Waals surface area contributed by atoms with Crippen molar-refractivity contribution >= 4 is 15.9 Å². The first kappa shape index (κ1) is 14.1. The van der Waals surface area contributed by atoms with E-state index in [4.69, 9.17) is 10.5 Å². The van der Waals surface area contributed by atoms with Crippen molar-refractivity contribution in [3.8, 4) is 11.5 Å². The fraction of sp³-hybridized carbons (Fsp3) is 0.250. The lowest BCUT2D eigenvalue weighted by Gasteiger charge is -2.10. The van der Waals surface area contributed by atoms with Crippen LogP contribution < -0.4 is 10.5 Å². The lowest BCUT2D eigenvalue weighted by atomic mass is 10.1. The summed E-state index contributed by atoms with van der Waals surface area (Å²) >= 11 is 3.55. The van der Waals surface area contributed by atoms with E-state index < -0.39 is 0 Å². The molecule has 100 valence electrons. The Morgan fingerprint density at radius 3 is 2.32 bits per heavy atom. The Labute approximate surface area is 122 Å². The van der Waals surface area contributed by atoms with Gasteiger partial charge in [0.25, 0.3) is 0 Å². The molecule has 2 rings (SSSR count). The molecule has 0 saturated carbocycles. The molecule has 0 aliphatic heterocycles. The van der Waals surface area contributed by atoms with E-state index in [1.54, 1.807) is 0 Å². The van der Waals surface area contributed by atoms with Crippen molar-refractivity contribution in [1.82, 2.24) is 0 Å². The number of halogens is 1. The maximum absolute atomic E-state index is 5.93. The molecule has 0 bridgehead atoms. The van der Waals surface area contributed by atoms with Crippen molar-refractivity contribution in [2.45, 2.75) is 20.3 Å². The highest BCUT2D eigenvalue weighted by atomic mass is 79.9. The predicted molar refractivity (Wildman–Crippen MR) is 82.9 cm³/mol. The Hall–Kier alpha value is -1.32. The van der Waals surface area contributed by atoms with Gasteiger partial charge in [-0.1, -0.05) is 12.1 Å². The molecule has 0 atom stereocenters. The van der Waals surface area contributed by atoms with Gasteiger partial charge in [-0.3, -0.25) is 0 Å².